The van der Waals surface area contributed by atoms with E-state index in [0.29, 0.717) is 0 Å². The van der Waals surface area contributed by atoms with Crippen LogP contribution in [0, 0.1) is 0 Å². The number of ether oxygens (including phenoxy) is 2. The number of benzene rings is 2. The van der Waals surface area contributed by atoms with Crippen LogP contribution in [0.3, 0.4) is 0 Å². The molecular formula is C20H20ClNO6. The molecule has 4 N–H and O–H groups in total. The van der Waals surface area contributed by atoms with Gasteiger partial charge in [-0.15, -0.1) is 0 Å². The highest BCUT2D eigenvalue weighted by molar-refractivity contribution is 6.32. The van der Waals surface area contributed by atoms with Crippen LogP contribution in [0.2, 0.25) is 5.02 Å². The van der Waals surface area contributed by atoms with Crippen LogP contribution in [-0.4, -0.2) is 62.3 Å². The third-order valence-corrected chi connectivity index (χ3v) is 5.18. The van der Waals surface area contributed by atoms with E-state index in [-0.39, 0.29) is 10.8 Å². The van der Waals surface area contributed by atoms with Gasteiger partial charge in [0.2, 0.25) is 6.29 Å². The molecule has 0 aliphatic carbocycles. The number of hydrogen-bond donors (Lipinski definition) is 4. The molecule has 2 aromatic carbocycles. The molecule has 148 valence electrons. The molecule has 7 nitrogen and oxygen atoms in total. The average molecular weight is 406 g/mol. The van der Waals surface area contributed by atoms with Crippen LogP contribution in [0.15, 0.2) is 54.7 Å². The van der Waals surface area contributed by atoms with Crippen LogP contribution < -0.4 is 4.74 Å². The van der Waals surface area contributed by atoms with E-state index < -0.39 is 37.3 Å². The first-order valence-corrected chi connectivity index (χ1v) is 9.20. The Bertz CT molecular complexity index is 974. The SMILES string of the molecule is OCC1O[C@H](Oc2ccc(-n3ccc4ccccc43)cc2Cl)C(O)C(O)[C@@H]1O. The number of hydrogen-bond acceptors (Lipinski definition) is 6. The lowest BCUT2D eigenvalue weighted by Crippen LogP contribution is -2.60. The van der Waals surface area contributed by atoms with Crippen LogP contribution in [0.25, 0.3) is 16.6 Å². The summed E-state index contributed by atoms with van der Waals surface area (Å²) in [7, 11) is 0. The Morgan fingerprint density at radius 3 is 2.54 bits per heavy atom. The highest BCUT2D eigenvalue weighted by Crippen LogP contribution is 2.32. The fourth-order valence-corrected chi connectivity index (χ4v) is 3.55. The molecule has 3 unspecified atom stereocenters. The first kappa shape index (κ1) is 19.2. The van der Waals surface area contributed by atoms with Crippen molar-refractivity contribution in [2.45, 2.75) is 30.7 Å². The van der Waals surface area contributed by atoms with Gasteiger partial charge >= 0.3 is 0 Å². The summed E-state index contributed by atoms with van der Waals surface area (Å²) in [5, 5.41) is 40.5. The topological polar surface area (TPSA) is 104 Å². The van der Waals surface area contributed by atoms with Crippen molar-refractivity contribution in [1.29, 1.82) is 0 Å². The molecule has 1 aromatic heterocycles. The molecule has 0 radical (unpaired) electrons. The Labute approximate surface area is 165 Å². The molecule has 0 saturated carbocycles. The summed E-state index contributed by atoms with van der Waals surface area (Å²) >= 11 is 6.36. The third kappa shape index (κ3) is 3.37. The average Bonchev–Trinajstić information content (AvgIpc) is 3.14. The van der Waals surface area contributed by atoms with Gasteiger partial charge in [0.1, 0.15) is 30.2 Å². The van der Waals surface area contributed by atoms with Gasteiger partial charge in [0, 0.05) is 11.9 Å². The van der Waals surface area contributed by atoms with E-state index in [2.05, 4.69) is 0 Å². The van der Waals surface area contributed by atoms with Gasteiger partial charge in [-0.2, -0.15) is 0 Å². The van der Waals surface area contributed by atoms with E-state index in [9.17, 15) is 20.4 Å². The first-order chi connectivity index (χ1) is 13.5. The molecule has 0 spiro atoms. The molecule has 1 aliphatic rings. The smallest absolute Gasteiger partial charge is 0.229 e. The van der Waals surface area contributed by atoms with Crippen molar-refractivity contribution in [3.63, 3.8) is 0 Å². The maximum atomic E-state index is 10.1. The fraction of sp³-hybridized carbons (Fsp3) is 0.300. The van der Waals surface area contributed by atoms with Crippen molar-refractivity contribution in [2.24, 2.45) is 0 Å². The number of aliphatic hydroxyl groups excluding tert-OH is 4. The minimum absolute atomic E-state index is 0.242. The summed E-state index contributed by atoms with van der Waals surface area (Å²) in [5.41, 5.74) is 1.86. The number of rotatable bonds is 4. The maximum absolute atomic E-state index is 10.1. The monoisotopic (exact) mass is 405 g/mol. The number of fused-ring (bicyclic) bond motifs is 1. The van der Waals surface area contributed by atoms with Crippen LogP contribution in [0.4, 0.5) is 0 Å². The van der Waals surface area contributed by atoms with Crippen molar-refractivity contribution in [2.75, 3.05) is 6.61 Å². The van der Waals surface area contributed by atoms with E-state index in [1.165, 1.54) is 0 Å². The largest absolute Gasteiger partial charge is 0.460 e. The maximum Gasteiger partial charge on any atom is 0.229 e. The molecular weight excluding hydrogens is 386 g/mol. The highest BCUT2D eigenvalue weighted by Gasteiger charge is 2.44. The lowest BCUT2D eigenvalue weighted by Gasteiger charge is -2.39. The van der Waals surface area contributed by atoms with Gasteiger partial charge in [-0.3, -0.25) is 0 Å². The van der Waals surface area contributed by atoms with Crippen molar-refractivity contribution >= 4 is 22.5 Å². The second kappa shape index (κ2) is 7.71. The third-order valence-electron chi connectivity index (χ3n) is 4.88. The summed E-state index contributed by atoms with van der Waals surface area (Å²) < 4.78 is 13.0. The van der Waals surface area contributed by atoms with Crippen molar-refractivity contribution in [1.82, 2.24) is 4.57 Å². The molecule has 8 heteroatoms. The number of aromatic nitrogens is 1. The normalized spacial score (nSPS) is 27.8. The fourth-order valence-electron chi connectivity index (χ4n) is 3.33. The Morgan fingerprint density at radius 1 is 1.00 bits per heavy atom. The number of nitrogens with zero attached hydrogens (tertiary/aromatic N) is 1. The lowest BCUT2D eigenvalue weighted by atomic mass is 9.99. The Balaban J connectivity index is 1.58. The summed E-state index contributed by atoms with van der Waals surface area (Å²) in [6, 6.07) is 15.1. The van der Waals surface area contributed by atoms with Crippen molar-refractivity contribution in [3.8, 4) is 11.4 Å². The zero-order chi connectivity index (χ0) is 19.8. The van der Waals surface area contributed by atoms with Crippen LogP contribution >= 0.6 is 11.6 Å². The number of aliphatic hydroxyl groups is 4. The molecule has 0 bridgehead atoms. The van der Waals surface area contributed by atoms with Gasteiger partial charge < -0.3 is 34.5 Å². The van der Waals surface area contributed by atoms with E-state index in [1.54, 1.807) is 18.2 Å². The van der Waals surface area contributed by atoms with Crippen molar-refractivity contribution in [3.05, 3.63) is 59.8 Å². The lowest BCUT2D eigenvalue weighted by molar-refractivity contribution is -0.277. The Kier molecular flexibility index (Phi) is 5.29. The summed E-state index contributed by atoms with van der Waals surface area (Å²) in [6.45, 7) is -0.530. The van der Waals surface area contributed by atoms with E-state index in [4.69, 9.17) is 21.1 Å². The predicted octanol–water partition coefficient (Wildman–Crippen LogP) is 1.46. The molecule has 1 fully saturated rings. The zero-order valence-electron chi connectivity index (χ0n) is 14.7. The first-order valence-electron chi connectivity index (χ1n) is 8.83. The molecule has 1 aliphatic heterocycles. The van der Waals surface area contributed by atoms with Gasteiger partial charge in [-0.05, 0) is 35.7 Å². The minimum atomic E-state index is -1.51. The Hall–Kier alpha value is -2.13. The predicted molar refractivity (Wildman–Crippen MR) is 103 cm³/mol. The summed E-state index contributed by atoms with van der Waals surface area (Å²) in [6.07, 6.45) is -4.85. The number of para-hydroxylation sites is 1. The molecule has 4 rings (SSSR count). The molecule has 3 aromatic rings. The quantitative estimate of drug-likeness (QED) is 0.524. The highest BCUT2D eigenvalue weighted by atomic mass is 35.5. The van der Waals surface area contributed by atoms with Gasteiger partial charge in [-0.1, -0.05) is 29.8 Å². The van der Waals surface area contributed by atoms with Crippen molar-refractivity contribution < 1.29 is 29.9 Å². The van der Waals surface area contributed by atoms with E-state index in [1.807, 2.05) is 41.1 Å². The van der Waals surface area contributed by atoms with Gasteiger partial charge in [0.05, 0.1) is 17.1 Å². The molecule has 5 atom stereocenters. The van der Waals surface area contributed by atoms with Gasteiger partial charge in [0.25, 0.3) is 0 Å². The summed E-state index contributed by atoms with van der Waals surface area (Å²) in [5.74, 6) is 0.242. The molecule has 1 saturated heterocycles. The minimum Gasteiger partial charge on any atom is -0.460 e. The van der Waals surface area contributed by atoms with Gasteiger partial charge in [-0.25, -0.2) is 0 Å². The van der Waals surface area contributed by atoms with Gasteiger partial charge in [0.15, 0.2) is 0 Å². The molecule has 0 amide bonds. The second-order valence-electron chi connectivity index (χ2n) is 6.67. The second-order valence-corrected chi connectivity index (χ2v) is 7.08. The van der Waals surface area contributed by atoms with E-state index in [0.717, 1.165) is 16.6 Å². The molecule has 2 heterocycles. The van der Waals surface area contributed by atoms with E-state index >= 15 is 0 Å². The van der Waals surface area contributed by atoms with Crippen LogP contribution in [0.5, 0.6) is 5.75 Å². The zero-order valence-corrected chi connectivity index (χ0v) is 15.5. The standard InChI is InChI=1S/C20H20ClNO6/c21-13-9-12(22-8-7-11-3-1-2-4-14(11)22)5-6-15(13)27-20-19(26)18(25)17(24)16(10-23)28-20/h1-9,16-20,23-26H,10H2/t16?,17-,18?,19?,20+/m1/s1. The molecule has 28 heavy (non-hydrogen) atoms. The Morgan fingerprint density at radius 2 is 1.79 bits per heavy atom. The van der Waals surface area contributed by atoms with Crippen LogP contribution in [-0.2, 0) is 4.74 Å². The number of halogens is 1. The summed E-state index contributed by atoms with van der Waals surface area (Å²) in [4.78, 5) is 0. The van der Waals surface area contributed by atoms with Crippen LogP contribution in [0.1, 0.15) is 0 Å².